The largest absolute Gasteiger partial charge is 0.354 e. The Morgan fingerprint density at radius 2 is 1.80 bits per heavy atom. The van der Waals surface area contributed by atoms with Gasteiger partial charge >= 0.3 is 0 Å². The third-order valence-corrected chi connectivity index (χ3v) is 5.31. The Bertz CT molecular complexity index is 604. The summed E-state index contributed by atoms with van der Waals surface area (Å²) in [5, 5.41) is 6.78. The van der Waals surface area contributed by atoms with Crippen molar-refractivity contribution in [2.75, 3.05) is 20.1 Å². The molecule has 1 aliphatic heterocycles. The number of guanidine groups is 1. The Kier molecular flexibility index (Phi) is 5.57. The standard InChI is InChI=1S/C19H28F2N4/c1-12(2)25-9-7-13(8-10-25)23-19(22-3)24-17-11-14(17)18-15(20)5-4-6-16(18)21/h4-6,12-14,17H,7-11H2,1-3H3,(H2,22,23,24). The van der Waals surface area contributed by atoms with Crippen molar-refractivity contribution in [3.8, 4) is 0 Å². The Morgan fingerprint density at radius 3 is 2.36 bits per heavy atom. The first-order valence-electron chi connectivity index (χ1n) is 9.17. The lowest BCUT2D eigenvalue weighted by atomic mass is 10.0. The van der Waals surface area contributed by atoms with E-state index >= 15 is 0 Å². The lowest BCUT2D eigenvalue weighted by molar-refractivity contribution is 0.167. The average molecular weight is 350 g/mol. The molecule has 1 saturated heterocycles. The highest BCUT2D eigenvalue weighted by molar-refractivity contribution is 5.80. The molecule has 6 heteroatoms. The summed E-state index contributed by atoms with van der Waals surface area (Å²) in [6, 6.07) is 5.06. The van der Waals surface area contributed by atoms with Crippen LogP contribution in [0.2, 0.25) is 0 Å². The van der Waals surface area contributed by atoms with Crippen LogP contribution in [0.25, 0.3) is 0 Å². The molecular formula is C19H28F2N4. The van der Waals surface area contributed by atoms with E-state index < -0.39 is 11.6 Å². The fourth-order valence-corrected chi connectivity index (χ4v) is 3.64. The molecule has 1 saturated carbocycles. The van der Waals surface area contributed by atoms with Gasteiger partial charge in [0.05, 0.1) is 0 Å². The maximum Gasteiger partial charge on any atom is 0.191 e. The van der Waals surface area contributed by atoms with E-state index in [0.717, 1.165) is 38.3 Å². The van der Waals surface area contributed by atoms with Crippen molar-refractivity contribution in [1.29, 1.82) is 0 Å². The van der Waals surface area contributed by atoms with Crippen LogP contribution in [0.1, 0.15) is 44.6 Å². The molecule has 4 nitrogen and oxygen atoms in total. The highest BCUT2D eigenvalue weighted by Gasteiger charge is 2.42. The van der Waals surface area contributed by atoms with Gasteiger partial charge in [-0.2, -0.15) is 0 Å². The SMILES string of the molecule is CN=C(NC1CCN(C(C)C)CC1)NC1CC1c1c(F)cccc1F. The number of nitrogens with zero attached hydrogens (tertiary/aromatic N) is 2. The highest BCUT2D eigenvalue weighted by atomic mass is 19.1. The number of nitrogens with one attached hydrogen (secondary N) is 2. The molecule has 2 aliphatic rings. The summed E-state index contributed by atoms with van der Waals surface area (Å²) in [5.74, 6) is -0.314. The van der Waals surface area contributed by atoms with Gasteiger partial charge in [0.2, 0.25) is 0 Å². The first kappa shape index (κ1) is 18.1. The average Bonchev–Trinajstić information content (AvgIpc) is 3.33. The van der Waals surface area contributed by atoms with E-state index in [9.17, 15) is 8.78 Å². The van der Waals surface area contributed by atoms with Crippen LogP contribution in [-0.2, 0) is 0 Å². The van der Waals surface area contributed by atoms with Crippen LogP contribution in [0.3, 0.4) is 0 Å². The van der Waals surface area contributed by atoms with E-state index in [1.54, 1.807) is 7.05 Å². The number of benzene rings is 1. The maximum atomic E-state index is 13.9. The quantitative estimate of drug-likeness (QED) is 0.648. The molecule has 1 aromatic carbocycles. The Hall–Kier alpha value is -1.69. The fraction of sp³-hybridized carbons (Fsp3) is 0.632. The minimum Gasteiger partial charge on any atom is -0.354 e. The van der Waals surface area contributed by atoms with Crippen molar-refractivity contribution in [2.45, 2.75) is 57.2 Å². The van der Waals surface area contributed by atoms with Gasteiger partial charge in [-0.1, -0.05) is 6.07 Å². The van der Waals surface area contributed by atoms with Crippen molar-refractivity contribution in [3.63, 3.8) is 0 Å². The van der Waals surface area contributed by atoms with Gasteiger partial charge in [-0.3, -0.25) is 4.99 Å². The molecule has 0 aromatic heterocycles. The van der Waals surface area contributed by atoms with Crippen molar-refractivity contribution in [3.05, 3.63) is 35.4 Å². The molecular weight excluding hydrogens is 322 g/mol. The third kappa shape index (κ3) is 4.29. The van der Waals surface area contributed by atoms with Crippen molar-refractivity contribution in [2.24, 2.45) is 4.99 Å². The molecule has 0 radical (unpaired) electrons. The number of aliphatic imine (C=N–C) groups is 1. The molecule has 2 atom stereocenters. The number of piperidine rings is 1. The Labute approximate surface area is 148 Å². The highest BCUT2D eigenvalue weighted by Crippen LogP contribution is 2.43. The minimum atomic E-state index is -0.460. The van der Waals surface area contributed by atoms with Gasteiger partial charge in [0, 0.05) is 49.7 Å². The van der Waals surface area contributed by atoms with Gasteiger partial charge in [0.15, 0.2) is 5.96 Å². The second-order valence-corrected chi connectivity index (χ2v) is 7.35. The van der Waals surface area contributed by atoms with Crippen LogP contribution in [0, 0.1) is 11.6 Å². The van der Waals surface area contributed by atoms with Crippen LogP contribution < -0.4 is 10.6 Å². The van der Waals surface area contributed by atoms with E-state index in [0.29, 0.717) is 12.1 Å². The normalized spacial score (nSPS) is 25.3. The van der Waals surface area contributed by atoms with E-state index in [2.05, 4.69) is 34.4 Å². The van der Waals surface area contributed by atoms with Gasteiger partial charge in [-0.25, -0.2) is 8.78 Å². The molecule has 2 unspecified atom stereocenters. The molecule has 0 amide bonds. The van der Waals surface area contributed by atoms with Crippen molar-refractivity contribution < 1.29 is 8.78 Å². The molecule has 1 aromatic rings. The Morgan fingerprint density at radius 1 is 1.16 bits per heavy atom. The first-order valence-corrected chi connectivity index (χ1v) is 9.17. The summed E-state index contributed by atoms with van der Waals surface area (Å²) < 4.78 is 27.8. The predicted molar refractivity (Wildman–Crippen MR) is 96.9 cm³/mol. The molecule has 25 heavy (non-hydrogen) atoms. The van der Waals surface area contributed by atoms with E-state index in [1.807, 2.05) is 0 Å². The van der Waals surface area contributed by atoms with Gasteiger partial charge < -0.3 is 15.5 Å². The topological polar surface area (TPSA) is 39.7 Å². The van der Waals surface area contributed by atoms with Crippen LogP contribution >= 0.6 is 0 Å². The minimum absolute atomic E-state index is 0.0355. The lowest BCUT2D eigenvalue weighted by Gasteiger charge is -2.35. The zero-order valence-electron chi connectivity index (χ0n) is 15.2. The number of hydrogen-bond donors (Lipinski definition) is 2. The molecule has 2 N–H and O–H groups in total. The second kappa shape index (κ2) is 7.68. The predicted octanol–water partition coefficient (Wildman–Crippen LogP) is 2.86. The molecule has 3 rings (SSSR count). The zero-order chi connectivity index (χ0) is 18.0. The summed E-state index contributed by atoms with van der Waals surface area (Å²) in [4.78, 5) is 6.76. The van der Waals surface area contributed by atoms with E-state index in [-0.39, 0.29) is 17.5 Å². The van der Waals surface area contributed by atoms with Crippen LogP contribution in [0.5, 0.6) is 0 Å². The summed E-state index contributed by atoms with van der Waals surface area (Å²) in [6.07, 6.45) is 2.88. The Balaban J connectivity index is 1.51. The zero-order valence-corrected chi connectivity index (χ0v) is 15.2. The van der Waals surface area contributed by atoms with Crippen LogP contribution in [0.4, 0.5) is 8.78 Å². The summed E-state index contributed by atoms with van der Waals surface area (Å²) in [5.41, 5.74) is 0.195. The monoisotopic (exact) mass is 350 g/mol. The number of rotatable bonds is 4. The van der Waals surface area contributed by atoms with Gasteiger partial charge in [-0.15, -0.1) is 0 Å². The van der Waals surface area contributed by atoms with E-state index in [4.69, 9.17) is 0 Å². The molecule has 1 aliphatic carbocycles. The van der Waals surface area contributed by atoms with Crippen LogP contribution in [0.15, 0.2) is 23.2 Å². The molecule has 2 fully saturated rings. The summed E-state index contributed by atoms with van der Waals surface area (Å²) >= 11 is 0. The lowest BCUT2D eigenvalue weighted by Crippen LogP contribution is -2.50. The van der Waals surface area contributed by atoms with Crippen molar-refractivity contribution in [1.82, 2.24) is 15.5 Å². The molecule has 1 heterocycles. The summed E-state index contributed by atoms with van der Waals surface area (Å²) in [6.45, 7) is 6.62. The van der Waals surface area contributed by atoms with E-state index in [1.165, 1.54) is 18.2 Å². The maximum absolute atomic E-state index is 13.9. The molecule has 0 bridgehead atoms. The first-order chi connectivity index (χ1) is 12.0. The number of halogens is 2. The second-order valence-electron chi connectivity index (χ2n) is 7.35. The molecule has 0 spiro atoms. The number of hydrogen-bond acceptors (Lipinski definition) is 2. The smallest absolute Gasteiger partial charge is 0.191 e. The van der Waals surface area contributed by atoms with Gasteiger partial charge in [-0.05, 0) is 45.2 Å². The fourth-order valence-electron chi connectivity index (χ4n) is 3.64. The third-order valence-electron chi connectivity index (χ3n) is 5.31. The van der Waals surface area contributed by atoms with Crippen LogP contribution in [-0.4, -0.2) is 49.1 Å². The summed E-state index contributed by atoms with van der Waals surface area (Å²) in [7, 11) is 1.74. The molecule has 138 valence electrons. The van der Waals surface area contributed by atoms with Gasteiger partial charge in [0.25, 0.3) is 0 Å². The van der Waals surface area contributed by atoms with Gasteiger partial charge in [0.1, 0.15) is 11.6 Å². The number of likely N-dealkylation sites (tertiary alicyclic amines) is 1. The van der Waals surface area contributed by atoms with Crippen molar-refractivity contribution >= 4 is 5.96 Å².